The number of ether oxygens (including phenoxy) is 1. The van der Waals surface area contributed by atoms with Crippen molar-refractivity contribution in [1.29, 1.82) is 0 Å². The number of nitrogens with one attached hydrogen (secondary N) is 4. The van der Waals surface area contributed by atoms with Gasteiger partial charge in [0, 0.05) is 78.6 Å². The summed E-state index contributed by atoms with van der Waals surface area (Å²) in [6, 6.07) is 9.31. The van der Waals surface area contributed by atoms with E-state index in [1.165, 1.54) is 81.1 Å². The molecule has 11 nitrogen and oxygen atoms in total. The monoisotopic (exact) mass is 986 g/mol. The molecule has 0 saturated heterocycles. The van der Waals surface area contributed by atoms with E-state index in [1.54, 1.807) is 12.1 Å². The van der Waals surface area contributed by atoms with Crippen molar-refractivity contribution in [2.24, 2.45) is 69.5 Å². The average molecular weight is 986 g/mol. The van der Waals surface area contributed by atoms with Crippen LogP contribution in [0.5, 0.6) is 0 Å². The van der Waals surface area contributed by atoms with E-state index in [9.17, 15) is 24.0 Å². The van der Waals surface area contributed by atoms with Crippen LogP contribution in [0.4, 0.5) is 10.5 Å². The SMILES string of the molecule is CC(C)CCC[C@@H](C)[C@H]1CC[C@H]2[C@@H]3CC=C4CC(OC(=O)NCCNC(=O)CCCCCN5C(=O)c6cccc7c(NCCNC(=O)C89CC%10CC(CC(C%10)C8)C9)ccc(c67)C5=O)CC[C@]4(C)[C@H]3CC[C@]12C. The van der Waals surface area contributed by atoms with Gasteiger partial charge in [0.1, 0.15) is 6.10 Å². The Morgan fingerprint density at radius 1 is 0.750 bits per heavy atom. The maximum Gasteiger partial charge on any atom is 0.407 e. The Balaban J connectivity index is 0.609. The van der Waals surface area contributed by atoms with E-state index in [0.717, 1.165) is 103 Å². The van der Waals surface area contributed by atoms with E-state index < -0.39 is 6.09 Å². The predicted molar refractivity (Wildman–Crippen MR) is 284 cm³/mol. The number of nitrogens with zero attached hydrogens (tertiary/aromatic N) is 1. The Bertz CT molecular complexity index is 2350. The first-order valence-electron chi connectivity index (χ1n) is 29.0. The lowest BCUT2D eigenvalue weighted by molar-refractivity contribution is -0.146. The van der Waals surface area contributed by atoms with Gasteiger partial charge in [0.05, 0.1) is 0 Å². The molecule has 7 fully saturated rings. The van der Waals surface area contributed by atoms with E-state index in [2.05, 4.69) is 62.0 Å². The zero-order valence-electron chi connectivity index (χ0n) is 44.5. The molecule has 11 heteroatoms. The molecule has 11 rings (SSSR count). The van der Waals surface area contributed by atoms with Crippen molar-refractivity contribution >= 4 is 46.2 Å². The van der Waals surface area contributed by atoms with Gasteiger partial charge in [-0.25, -0.2) is 4.79 Å². The summed E-state index contributed by atoms with van der Waals surface area (Å²) in [5.74, 6) is 6.51. The normalized spacial score (nSPS) is 33.5. The quantitative estimate of drug-likeness (QED) is 0.0587. The molecule has 1 aliphatic heterocycles. The van der Waals surface area contributed by atoms with Crippen LogP contribution in [0.15, 0.2) is 42.0 Å². The van der Waals surface area contributed by atoms with Crippen LogP contribution in [-0.4, -0.2) is 73.4 Å². The minimum Gasteiger partial charge on any atom is -0.446 e. The van der Waals surface area contributed by atoms with Gasteiger partial charge in [-0.05, 0) is 179 Å². The smallest absolute Gasteiger partial charge is 0.407 e. The molecular formula is C61H87N5O6. The van der Waals surface area contributed by atoms with Crippen molar-refractivity contribution < 1.29 is 28.7 Å². The zero-order chi connectivity index (χ0) is 50.4. The van der Waals surface area contributed by atoms with Gasteiger partial charge in [0.25, 0.3) is 11.8 Å². The summed E-state index contributed by atoms with van der Waals surface area (Å²) in [5, 5.41) is 14.0. The predicted octanol–water partition coefficient (Wildman–Crippen LogP) is 12.0. The van der Waals surface area contributed by atoms with Crippen molar-refractivity contribution in [2.75, 3.05) is 38.0 Å². The first-order chi connectivity index (χ1) is 34.7. The summed E-state index contributed by atoms with van der Waals surface area (Å²) in [5.41, 5.74) is 3.89. The molecule has 72 heavy (non-hydrogen) atoms. The largest absolute Gasteiger partial charge is 0.446 e. The van der Waals surface area contributed by atoms with Gasteiger partial charge in [-0.1, -0.05) is 84.1 Å². The lowest BCUT2D eigenvalue weighted by Crippen LogP contribution is -2.54. The highest BCUT2D eigenvalue weighted by atomic mass is 16.6. The number of benzene rings is 2. The number of imide groups is 1. The summed E-state index contributed by atoms with van der Waals surface area (Å²) in [6.45, 7) is 14.4. The van der Waals surface area contributed by atoms with Crippen LogP contribution in [-0.2, 0) is 14.3 Å². The molecule has 8 atom stereocenters. The first-order valence-corrected chi connectivity index (χ1v) is 29.0. The number of rotatable bonds is 20. The number of unbranched alkanes of at least 4 members (excludes halogenated alkanes) is 2. The summed E-state index contributed by atoms with van der Waals surface area (Å²) in [6.07, 6.45) is 24.9. The molecule has 1 heterocycles. The molecule has 392 valence electrons. The zero-order valence-corrected chi connectivity index (χ0v) is 44.5. The number of anilines is 1. The fraction of sp³-hybridized carbons (Fsp3) is 0.721. The second kappa shape index (κ2) is 21.1. The van der Waals surface area contributed by atoms with Gasteiger partial charge in [-0.3, -0.25) is 24.1 Å². The molecule has 2 aromatic carbocycles. The van der Waals surface area contributed by atoms with Crippen LogP contribution >= 0.6 is 0 Å². The van der Waals surface area contributed by atoms with Crippen molar-refractivity contribution in [3.05, 3.63) is 53.1 Å². The first kappa shape index (κ1) is 51.1. The van der Waals surface area contributed by atoms with Crippen LogP contribution in [0.2, 0.25) is 0 Å². The third kappa shape index (κ3) is 9.98. The maximum absolute atomic E-state index is 13.7. The van der Waals surface area contributed by atoms with Gasteiger partial charge < -0.3 is 26.0 Å². The molecule has 0 aromatic heterocycles. The summed E-state index contributed by atoms with van der Waals surface area (Å²) in [4.78, 5) is 68.0. The van der Waals surface area contributed by atoms with Crippen molar-refractivity contribution in [3.8, 4) is 0 Å². The minimum absolute atomic E-state index is 0.0910. The molecule has 4 N–H and O–H groups in total. The molecule has 8 aliphatic carbocycles. The third-order valence-electron chi connectivity index (χ3n) is 20.8. The number of hydrogen-bond acceptors (Lipinski definition) is 7. The van der Waals surface area contributed by atoms with Gasteiger partial charge in [0.15, 0.2) is 0 Å². The summed E-state index contributed by atoms with van der Waals surface area (Å²) in [7, 11) is 0. The van der Waals surface area contributed by atoms with E-state index in [1.807, 2.05) is 18.2 Å². The van der Waals surface area contributed by atoms with E-state index in [0.29, 0.717) is 73.8 Å². The third-order valence-corrected chi connectivity index (χ3v) is 20.8. The Morgan fingerprint density at radius 2 is 1.47 bits per heavy atom. The fourth-order valence-electron chi connectivity index (χ4n) is 17.6. The van der Waals surface area contributed by atoms with Crippen LogP contribution in [0, 0.1) is 69.5 Å². The molecular weight excluding hydrogens is 899 g/mol. The molecule has 7 saturated carbocycles. The molecule has 0 spiro atoms. The molecule has 5 amide bonds. The number of carbonyl (C=O) groups excluding carboxylic acids is 5. The van der Waals surface area contributed by atoms with Gasteiger partial charge in [-0.15, -0.1) is 0 Å². The van der Waals surface area contributed by atoms with E-state index in [-0.39, 0.29) is 47.1 Å². The second-order valence-electron chi connectivity index (χ2n) is 25.7. The number of hydrogen-bond donors (Lipinski definition) is 4. The summed E-state index contributed by atoms with van der Waals surface area (Å²) < 4.78 is 5.98. The topological polar surface area (TPSA) is 146 Å². The number of amides is 5. The van der Waals surface area contributed by atoms with E-state index in [4.69, 9.17) is 4.74 Å². The van der Waals surface area contributed by atoms with Crippen LogP contribution in [0.1, 0.15) is 190 Å². The highest BCUT2D eigenvalue weighted by molar-refractivity contribution is 6.26. The average Bonchev–Trinajstić information content (AvgIpc) is 3.71. The van der Waals surface area contributed by atoms with Crippen LogP contribution < -0.4 is 21.3 Å². The number of carbonyl (C=O) groups is 5. The minimum atomic E-state index is -0.415. The second-order valence-corrected chi connectivity index (χ2v) is 25.7. The van der Waals surface area contributed by atoms with Gasteiger partial charge in [-0.2, -0.15) is 0 Å². The molecule has 2 aromatic rings. The number of allylic oxidation sites excluding steroid dienone is 1. The Labute approximate surface area is 430 Å². The van der Waals surface area contributed by atoms with Crippen molar-refractivity contribution in [3.63, 3.8) is 0 Å². The lowest BCUT2D eigenvalue weighted by Gasteiger charge is -2.58. The highest BCUT2D eigenvalue weighted by Crippen LogP contribution is 2.67. The number of alkyl carbamates (subject to hydrolysis) is 1. The van der Waals surface area contributed by atoms with Crippen LogP contribution in [0.25, 0.3) is 10.8 Å². The van der Waals surface area contributed by atoms with Gasteiger partial charge >= 0.3 is 6.09 Å². The Kier molecular flexibility index (Phi) is 15.0. The fourth-order valence-corrected chi connectivity index (χ4v) is 17.6. The van der Waals surface area contributed by atoms with Crippen molar-refractivity contribution in [1.82, 2.24) is 20.9 Å². The van der Waals surface area contributed by atoms with Gasteiger partial charge in [0.2, 0.25) is 11.8 Å². The Hall–Kier alpha value is -4.41. The van der Waals surface area contributed by atoms with E-state index >= 15 is 0 Å². The lowest BCUT2D eigenvalue weighted by atomic mass is 9.47. The highest BCUT2D eigenvalue weighted by Gasteiger charge is 2.59. The standard InChI is InChI=1S/C61H87N5O6/c1-38(2)11-9-12-39(3)49-19-20-50-45-17-16-43-34-44(22-24-59(43,4)51(45)23-25-60(49,50)5)72-58(71)65-29-27-63-53(67)15-7-6-8-30-66-55(68)47-14-10-13-46-52(21-18-48(54(46)47)56(66)69)62-26-28-64-57(70)61-35-40-31-41(36-61)33-42(32-40)37-61/h10,13-14,16,18,21,38-42,44-45,49-51,62H,6-9,11-12,15,17,19-20,22-37H2,1-5H3,(H,63,67)(H,64,70)(H,65,71)/t39-,40?,41?,42?,44?,45+,49-,50+,51+,59+,60-,61?/m1/s1. The molecule has 0 radical (unpaired) electrons. The maximum atomic E-state index is 13.7. The molecule has 9 aliphatic rings. The number of fused-ring (bicyclic) bond motifs is 5. The van der Waals surface area contributed by atoms with Crippen molar-refractivity contribution in [2.45, 2.75) is 176 Å². The van der Waals surface area contributed by atoms with Crippen LogP contribution in [0.3, 0.4) is 0 Å². The molecule has 1 unspecified atom stereocenters. The Morgan fingerprint density at radius 3 is 2.22 bits per heavy atom. The molecule has 4 bridgehead atoms. The summed E-state index contributed by atoms with van der Waals surface area (Å²) >= 11 is 0.